The molecule has 2 aromatic rings. The standard InChI is InChI=1S/C12H13N3O2/c16-11-3-4-13-9-10(11)12(17)14-5-8-15-6-1-2-7-15/h1-4,6-7,9H,5,8H2,(H,13,16)(H,14,17). The number of H-pyrrole nitrogens is 1. The predicted octanol–water partition coefficient (Wildman–Crippen LogP) is 0.606. The van der Waals surface area contributed by atoms with Crippen LogP contribution in [-0.4, -0.2) is 22.0 Å². The highest BCUT2D eigenvalue weighted by molar-refractivity contribution is 5.93. The summed E-state index contributed by atoms with van der Waals surface area (Å²) in [6, 6.07) is 5.17. The second-order valence-electron chi connectivity index (χ2n) is 3.60. The van der Waals surface area contributed by atoms with Crippen LogP contribution in [0.4, 0.5) is 0 Å². The summed E-state index contributed by atoms with van der Waals surface area (Å²) < 4.78 is 1.95. The summed E-state index contributed by atoms with van der Waals surface area (Å²) in [5, 5.41) is 2.70. The summed E-state index contributed by atoms with van der Waals surface area (Å²) in [6.45, 7) is 1.17. The van der Waals surface area contributed by atoms with Crippen LogP contribution in [0.3, 0.4) is 0 Å². The van der Waals surface area contributed by atoms with Crippen LogP contribution in [0.5, 0.6) is 0 Å². The van der Waals surface area contributed by atoms with Gasteiger partial charge in [0.05, 0.1) is 0 Å². The molecule has 2 rings (SSSR count). The fourth-order valence-electron chi connectivity index (χ4n) is 1.51. The molecule has 2 N–H and O–H groups in total. The number of hydrogen-bond acceptors (Lipinski definition) is 2. The molecule has 0 atom stereocenters. The molecule has 0 radical (unpaired) electrons. The average Bonchev–Trinajstić information content (AvgIpc) is 2.82. The monoisotopic (exact) mass is 231 g/mol. The third-order valence-electron chi connectivity index (χ3n) is 2.39. The number of aromatic amines is 1. The maximum absolute atomic E-state index is 11.7. The molecule has 0 aliphatic carbocycles. The van der Waals surface area contributed by atoms with Crippen molar-refractivity contribution in [3.8, 4) is 0 Å². The molecule has 1 amide bonds. The van der Waals surface area contributed by atoms with Crippen molar-refractivity contribution < 1.29 is 4.79 Å². The Morgan fingerprint density at radius 1 is 1.35 bits per heavy atom. The van der Waals surface area contributed by atoms with Crippen molar-refractivity contribution in [3.05, 3.63) is 58.8 Å². The molecule has 0 aliphatic heterocycles. The number of nitrogens with zero attached hydrogens (tertiary/aromatic N) is 1. The van der Waals surface area contributed by atoms with E-state index in [2.05, 4.69) is 10.3 Å². The summed E-state index contributed by atoms with van der Waals surface area (Å²) in [5.41, 5.74) is -0.137. The van der Waals surface area contributed by atoms with Crippen LogP contribution >= 0.6 is 0 Å². The minimum Gasteiger partial charge on any atom is -0.367 e. The Morgan fingerprint density at radius 2 is 2.12 bits per heavy atom. The molecule has 0 aliphatic rings. The van der Waals surface area contributed by atoms with Crippen LogP contribution in [0.15, 0.2) is 47.8 Å². The number of aromatic nitrogens is 2. The lowest BCUT2D eigenvalue weighted by molar-refractivity contribution is 0.0951. The first kappa shape index (κ1) is 11.2. The van der Waals surface area contributed by atoms with E-state index in [1.165, 1.54) is 18.5 Å². The highest BCUT2D eigenvalue weighted by atomic mass is 16.2. The van der Waals surface area contributed by atoms with Crippen LogP contribution in [0.2, 0.25) is 0 Å². The van der Waals surface area contributed by atoms with Gasteiger partial charge in [0, 0.05) is 43.9 Å². The average molecular weight is 231 g/mol. The van der Waals surface area contributed by atoms with Crippen LogP contribution in [0, 0.1) is 0 Å². The quantitative estimate of drug-likeness (QED) is 0.809. The second kappa shape index (κ2) is 5.16. The van der Waals surface area contributed by atoms with Gasteiger partial charge >= 0.3 is 0 Å². The number of nitrogens with one attached hydrogen (secondary N) is 2. The number of amides is 1. The van der Waals surface area contributed by atoms with Crippen molar-refractivity contribution in [2.75, 3.05) is 6.54 Å². The number of carbonyl (C=O) groups excluding carboxylic acids is 1. The molecule has 0 saturated carbocycles. The molecule has 2 aromatic heterocycles. The van der Waals surface area contributed by atoms with Gasteiger partial charge in [-0.05, 0) is 12.1 Å². The third kappa shape index (κ3) is 2.84. The summed E-state index contributed by atoms with van der Waals surface area (Å²) in [5.74, 6) is -0.348. The number of hydrogen-bond donors (Lipinski definition) is 2. The molecule has 0 fully saturated rings. The fraction of sp³-hybridized carbons (Fsp3) is 0.167. The zero-order chi connectivity index (χ0) is 12.1. The molecule has 0 bridgehead atoms. The van der Waals surface area contributed by atoms with E-state index in [-0.39, 0.29) is 16.9 Å². The third-order valence-corrected chi connectivity index (χ3v) is 2.39. The van der Waals surface area contributed by atoms with Crippen LogP contribution < -0.4 is 10.7 Å². The van der Waals surface area contributed by atoms with Gasteiger partial charge in [-0.15, -0.1) is 0 Å². The van der Waals surface area contributed by atoms with E-state index in [9.17, 15) is 9.59 Å². The lowest BCUT2D eigenvalue weighted by Crippen LogP contribution is -2.30. The smallest absolute Gasteiger partial charge is 0.256 e. The van der Waals surface area contributed by atoms with Crippen molar-refractivity contribution in [1.82, 2.24) is 14.9 Å². The highest BCUT2D eigenvalue weighted by Crippen LogP contribution is 1.90. The van der Waals surface area contributed by atoms with Gasteiger partial charge in [0.2, 0.25) is 0 Å². The van der Waals surface area contributed by atoms with Gasteiger partial charge in [-0.1, -0.05) is 0 Å². The van der Waals surface area contributed by atoms with E-state index in [0.29, 0.717) is 13.1 Å². The predicted molar refractivity (Wildman–Crippen MR) is 63.8 cm³/mol. The van der Waals surface area contributed by atoms with Gasteiger partial charge in [-0.25, -0.2) is 0 Å². The summed E-state index contributed by atoms with van der Waals surface area (Å²) in [6.07, 6.45) is 6.75. The topological polar surface area (TPSA) is 66.9 Å². The number of pyridine rings is 1. The summed E-state index contributed by atoms with van der Waals surface area (Å²) in [4.78, 5) is 25.7. The molecule has 5 heteroatoms. The second-order valence-corrected chi connectivity index (χ2v) is 3.60. The highest BCUT2D eigenvalue weighted by Gasteiger charge is 2.07. The first-order valence-electron chi connectivity index (χ1n) is 5.33. The van der Waals surface area contributed by atoms with Crippen LogP contribution in [0.1, 0.15) is 10.4 Å². The zero-order valence-corrected chi connectivity index (χ0v) is 9.22. The van der Waals surface area contributed by atoms with Gasteiger partial charge in [0.1, 0.15) is 5.56 Å². The van der Waals surface area contributed by atoms with E-state index < -0.39 is 0 Å². The van der Waals surface area contributed by atoms with E-state index in [0.717, 1.165) is 0 Å². The van der Waals surface area contributed by atoms with Crippen LogP contribution in [-0.2, 0) is 6.54 Å². The first-order chi connectivity index (χ1) is 8.27. The van der Waals surface area contributed by atoms with E-state index >= 15 is 0 Å². The normalized spacial score (nSPS) is 10.1. The summed E-state index contributed by atoms with van der Waals surface area (Å²) in [7, 11) is 0. The largest absolute Gasteiger partial charge is 0.367 e. The Balaban J connectivity index is 1.90. The minimum atomic E-state index is -0.348. The fourth-order valence-corrected chi connectivity index (χ4v) is 1.51. The van der Waals surface area contributed by atoms with Crippen molar-refractivity contribution in [2.45, 2.75) is 6.54 Å². The van der Waals surface area contributed by atoms with E-state index in [1.54, 1.807) is 0 Å². The maximum atomic E-state index is 11.7. The minimum absolute atomic E-state index is 0.139. The molecule has 2 heterocycles. The molecule has 88 valence electrons. The van der Waals surface area contributed by atoms with E-state index in [1.807, 2.05) is 29.1 Å². The Morgan fingerprint density at radius 3 is 2.82 bits per heavy atom. The lowest BCUT2D eigenvalue weighted by Gasteiger charge is -2.05. The molecule has 0 spiro atoms. The Hall–Kier alpha value is -2.30. The van der Waals surface area contributed by atoms with Crippen molar-refractivity contribution in [1.29, 1.82) is 0 Å². The lowest BCUT2D eigenvalue weighted by atomic mass is 10.2. The van der Waals surface area contributed by atoms with Crippen LogP contribution in [0.25, 0.3) is 0 Å². The first-order valence-corrected chi connectivity index (χ1v) is 5.33. The Kier molecular flexibility index (Phi) is 3.40. The zero-order valence-electron chi connectivity index (χ0n) is 9.22. The molecule has 5 nitrogen and oxygen atoms in total. The van der Waals surface area contributed by atoms with Gasteiger partial charge in [-0.3, -0.25) is 9.59 Å². The van der Waals surface area contributed by atoms with Crippen molar-refractivity contribution >= 4 is 5.91 Å². The Labute approximate surface area is 98.1 Å². The number of carbonyl (C=O) groups is 1. The van der Waals surface area contributed by atoms with E-state index in [4.69, 9.17) is 0 Å². The molecule has 0 aromatic carbocycles. The molecule has 0 saturated heterocycles. The Bertz CT molecular complexity index is 543. The van der Waals surface area contributed by atoms with Crippen molar-refractivity contribution in [2.24, 2.45) is 0 Å². The van der Waals surface area contributed by atoms with Gasteiger partial charge in [0.25, 0.3) is 5.91 Å². The maximum Gasteiger partial charge on any atom is 0.256 e. The summed E-state index contributed by atoms with van der Waals surface area (Å²) >= 11 is 0. The van der Waals surface area contributed by atoms with Gasteiger partial charge in [0.15, 0.2) is 5.43 Å². The molecule has 17 heavy (non-hydrogen) atoms. The van der Waals surface area contributed by atoms with Gasteiger partial charge in [-0.2, -0.15) is 0 Å². The molecule has 0 unspecified atom stereocenters. The molecular weight excluding hydrogens is 218 g/mol. The SMILES string of the molecule is O=C(NCCn1cccc1)c1c[nH]ccc1=O. The number of rotatable bonds is 4. The molecular formula is C12H13N3O2. The van der Waals surface area contributed by atoms with Crippen molar-refractivity contribution in [3.63, 3.8) is 0 Å². The van der Waals surface area contributed by atoms with Gasteiger partial charge < -0.3 is 14.9 Å².